The molecule has 0 saturated carbocycles. The highest BCUT2D eigenvalue weighted by Crippen LogP contribution is 2.27. The minimum Gasteiger partial charge on any atom is -0.378 e. The Hall–Kier alpha value is -1.74. The van der Waals surface area contributed by atoms with Gasteiger partial charge in [-0.1, -0.05) is 29.8 Å². The molecule has 2 heterocycles. The van der Waals surface area contributed by atoms with Crippen LogP contribution in [0.25, 0.3) is 0 Å². The van der Waals surface area contributed by atoms with E-state index in [1.165, 1.54) is 24.1 Å². The predicted octanol–water partition coefficient (Wildman–Crippen LogP) is 4.26. The topological polar surface area (TPSA) is 28.2 Å². The summed E-state index contributed by atoms with van der Waals surface area (Å²) in [5.74, 6) is 0. The number of anilines is 2. The van der Waals surface area contributed by atoms with Gasteiger partial charge in [0.05, 0.1) is 5.69 Å². The van der Waals surface area contributed by atoms with Crippen molar-refractivity contribution in [2.75, 3.05) is 23.3 Å². The van der Waals surface area contributed by atoms with Crippen molar-refractivity contribution >= 4 is 23.0 Å². The average Bonchev–Trinajstić information content (AvgIpc) is 3.01. The highest BCUT2D eigenvalue weighted by Gasteiger charge is 2.15. The molecule has 0 spiro atoms. The summed E-state index contributed by atoms with van der Waals surface area (Å²) in [5, 5.41) is 3.98. The van der Waals surface area contributed by atoms with E-state index < -0.39 is 0 Å². The lowest BCUT2D eigenvalue weighted by atomic mass is 10.1. The lowest BCUT2D eigenvalue weighted by molar-refractivity contribution is 0.949. The smallest absolute Gasteiger partial charge is 0.152 e. The highest BCUT2D eigenvalue weighted by atomic mass is 35.5. The summed E-state index contributed by atoms with van der Waals surface area (Å²) < 4.78 is 0. The van der Waals surface area contributed by atoms with Gasteiger partial charge in [-0.05, 0) is 43.0 Å². The summed E-state index contributed by atoms with van der Waals surface area (Å²) in [6, 6.07) is 10.6. The first-order valence-corrected chi connectivity index (χ1v) is 7.81. The Labute approximate surface area is 131 Å². The van der Waals surface area contributed by atoms with E-state index in [1.54, 1.807) is 6.20 Å². The molecule has 1 aliphatic rings. The summed E-state index contributed by atoms with van der Waals surface area (Å²) in [6.07, 6.45) is 4.31. The summed E-state index contributed by atoms with van der Waals surface area (Å²) in [7, 11) is 0. The fraction of sp³-hybridized carbons (Fsp3) is 0.353. The van der Waals surface area contributed by atoms with Crippen LogP contribution in [0, 0.1) is 6.92 Å². The van der Waals surface area contributed by atoms with E-state index in [0.717, 1.165) is 30.9 Å². The molecule has 3 rings (SSSR count). The van der Waals surface area contributed by atoms with E-state index in [9.17, 15) is 0 Å². The number of nitrogens with one attached hydrogen (secondary N) is 1. The molecule has 0 amide bonds. The van der Waals surface area contributed by atoms with E-state index >= 15 is 0 Å². The molecule has 1 fully saturated rings. The maximum absolute atomic E-state index is 6.18. The zero-order chi connectivity index (χ0) is 14.7. The van der Waals surface area contributed by atoms with Gasteiger partial charge < -0.3 is 10.2 Å². The van der Waals surface area contributed by atoms with Gasteiger partial charge in [0.2, 0.25) is 0 Å². The predicted molar refractivity (Wildman–Crippen MR) is 89.2 cm³/mol. The minimum atomic E-state index is 0.536. The number of para-hydroxylation sites is 1. The lowest BCUT2D eigenvalue weighted by Crippen LogP contribution is -2.20. The van der Waals surface area contributed by atoms with Crippen LogP contribution in [0.1, 0.15) is 24.0 Å². The van der Waals surface area contributed by atoms with Gasteiger partial charge in [0.15, 0.2) is 5.15 Å². The highest BCUT2D eigenvalue weighted by molar-refractivity contribution is 6.32. The zero-order valence-electron chi connectivity index (χ0n) is 12.3. The van der Waals surface area contributed by atoms with Crippen molar-refractivity contribution in [3.05, 3.63) is 52.8 Å². The maximum atomic E-state index is 6.18. The van der Waals surface area contributed by atoms with Crippen molar-refractivity contribution in [2.24, 2.45) is 0 Å². The number of hydrogen-bond donors (Lipinski definition) is 1. The number of hydrogen-bond acceptors (Lipinski definition) is 3. The molecular formula is C17H20ClN3. The molecule has 110 valence electrons. The van der Waals surface area contributed by atoms with Crippen molar-refractivity contribution in [1.82, 2.24) is 4.98 Å². The average molecular weight is 302 g/mol. The molecule has 0 aliphatic carbocycles. The normalized spacial score (nSPS) is 14.5. The Bertz CT molecular complexity index is 601. The first-order valence-electron chi connectivity index (χ1n) is 7.43. The van der Waals surface area contributed by atoms with Gasteiger partial charge in [-0.25, -0.2) is 4.98 Å². The second-order valence-corrected chi connectivity index (χ2v) is 5.83. The second kappa shape index (κ2) is 6.35. The van der Waals surface area contributed by atoms with E-state index in [0.29, 0.717) is 5.15 Å². The lowest BCUT2D eigenvalue weighted by Gasteiger charge is -2.22. The first-order chi connectivity index (χ1) is 10.3. The minimum absolute atomic E-state index is 0.536. The van der Waals surface area contributed by atoms with Crippen LogP contribution >= 0.6 is 11.6 Å². The Morgan fingerprint density at radius 2 is 1.95 bits per heavy atom. The van der Waals surface area contributed by atoms with Crippen LogP contribution in [0.15, 0.2) is 36.5 Å². The summed E-state index contributed by atoms with van der Waals surface area (Å²) in [6.45, 7) is 5.12. The van der Waals surface area contributed by atoms with Gasteiger partial charge in [0.25, 0.3) is 0 Å². The summed E-state index contributed by atoms with van der Waals surface area (Å²) in [4.78, 5) is 6.61. The third-order valence-corrected chi connectivity index (χ3v) is 4.29. The number of aromatic nitrogens is 1. The van der Waals surface area contributed by atoms with Crippen LogP contribution < -0.4 is 10.2 Å². The van der Waals surface area contributed by atoms with Gasteiger partial charge in [0, 0.05) is 31.5 Å². The quantitative estimate of drug-likeness (QED) is 0.856. The van der Waals surface area contributed by atoms with Crippen LogP contribution in [0.5, 0.6) is 0 Å². The molecule has 0 unspecified atom stereocenters. The van der Waals surface area contributed by atoms with Crippen LogP contribution in [-0.2, 0) is 6.54 Å². The summed E-state index contributed by atoms with van der Waals surface area (Å²) >= 11 is 6.18. The maximum Gasteiger partial charge on any atom is 0.152 e. The Morgan fingerprint density at radius 1 is 1.19 bits per heavy atom. The molecule has 21 heavy (non-hydrogen) atoms. The van der Waals surface area contributed by atoms with E-state index in [1.807, 2.05) is 13.0 Å². The van der Waals surface area contributed by atoms with Crippen LogP contribution in [-0.4, -0.2) is 18.1 Å². The van der Waals surface area contributed by atoms with Gasteiger partial charge in [0.1, 0.15) is 0 Å². The zero-order valence-corrected chi connectivity index (χ0v) is 13.0. The number of pyridine rings is 1. The number of halogens is 1. The molecular weight excluding hydrogens is 282 g/mol. The molecule has 1 aromatic heterocycles. The van der Waals surface area contributed by atoms with E-state index in [-0.39, 0.29) is 0 Å². The first kappa shape index (κ1) is 14.2. The summed E-state index contributed by atoms with van der Waals surface area (Å²) in [5.41, 5.74) is 4.68. The standard InChI is InChI=1S/C17H20ClN3/c1-13-8-9-19-17(18)16(13)20-12-14-6-2-3-7-15(14)21-10-4-5-11-21/h2-3,6-9,20H,4-5,10-12H2,1H3. The number of nitrogens with zero attached hydrogens (tertiary/aromatic N) is 2. The Kier molecular flexibility index (Phi) is 4.30. The van der Waals surface area contributed by atoms with Crippen LogP contribution in [0.4, 0.5) is 11.4 Å². The molecule has 1 aromatic carbocycles. The SMILES string of the molecule is Cc1ccnc(Cl)c1NCc1ccccc1N1CCCC1. The van der Waals surface area contributed by atoms with E-state index in [2.05, 4.69) is 39.5 Å². The van der Waals surface area contributed by atoms with Crippen LogP contribution in [0.2, 0.25) is 5.15 Å². The van der Waals surface area contributed by atoms with Crippen molar-refractivity contribution < 1.29 is 0 Å². The fourth-order valence-electron chi connectivity index (χ4n) is 2.85. The molecule has 0 atom stereocenters. The molecule has 2 aromatic rings. The number of aryl methyl sites for hydroxylation is 1. The van der Waals surface area contributed by atoms with Crippen molar-refractivity contribution in [3.63, 3.8) is 0 Å². The van der Waals surface area contributed by atoms with Gasteiger partial charge in [-0.2, -0.15) is 0 Å². The fourth-order valence-corrected chi connectivity index (χ4v) is 3.12. The van der Waals surface area contributed by atoms with Crippen molar-refractivity contribution in [3.8, 4) is 0 Å². The Morgan fingerprint density at radius 3 is 2.71 bits per heavy atom. The Balaban J connectivity index is 1.79. The van der Waals surface area contributed by atoms with Crippen LogP contribution in [0.3, 0.4) is 0 Å². The molecule has 3 nitrogen and oxygen atoms in total. The molecule has 1 aliphatic heterocycles. The van der Waals surface area contributed by atoms with Gasteiger partial charge >= 0.3 is 0 Å². The monoisotopic (exact) mass is 301 g/mol. The second-order valence-electron chi connectivity index (χ2n) is 5.47. The molecule has 1 saturated heterocycles. The number of rotatable bonds is 4. The van der Waals surface area contributed by atoms with Gasteiger partial charge in [-0.15, -0.1) is 0 Å². The van der Waals surface area contributed by atoms with Crippen molar-refractivity contribution in [2.45, 2.75) is 26.3 Å². The van der Waals surface area contributed by atoms with E-state index in [4.69, 9.17) is 11.6 Å². The molecule has 0 radical (unpaired) electrons. The molecule has 0 bridgehead atoms. The van der Waals surface area contributed by atoms with Gasteiger partial charge in [-0.3, -0.25) is 0 Å². The third-order valence-electron chi connectivity index (χ3n) is 4.01. The molecule has 4 heteroatoms. The number of benzene rings is 1. The molecule has 1 N–H and O–H groups in total. The third kappa shape index (κ3) is 3.13. The van der Waals surface area contributed by atoms with Crippen molar-refractivity contribution in [1.29, 1.82) is 0 Å². The largest absolute Gasteiger partial charge is 0.378 e.